The number of sulfonamides is 1. The molecule has 0 saturated heterocycles. The van der Waals surface area contributed by atoms with Gasteiger partial charge < -0.3 is 0 Å². The summed E-state index contributed by atoms with van der Waals surface area (Å²) >= 11 is 0. The van der Waals surface area contributed by atoms with Gasteiger partial charge in [-0.3, -0.25) is 14.4 Å². The second kappa shape index (κ2) is 6.42. The van der Waals surface area contributed by atoms with Gasteiger partial charge in [0.25, 0.3) is 15.7 Å². The summed E-state index contributed by atoms with van der Waals surface area (Å²) in [6.45, 7) is 0. The Morgan fingerprint density at radius 1 is 0.897 bits per heavy atom. The lowest BCUT2D eigenvalue weighted by Crippen LogP contribution is -2.35. The molecule has 0 amide bonds. The lowest BCUT2D eigenvalue weighted by molar-refractivity contribution is -0.384. The van der Waals surface area contributed by atoms with Gasteiger partial charge in [0, 0.05) is 18.1 Å². The van der Waals surface area contributed by atoms with Gasteiger partial charge in [-0.2, -0.15) is 0 Å². The lowest BCUT2D eigenvalue weighted by atomic mass is 9.79. The van der Waals surface area contributed by atoms with E-state index in [1.165, 1.54) is 34.1 Å². The first-order valence-electron chi connectivity index (χ1n) is 9.44. The van der Waals surface area contributed by atoms with Crippen molar-refractivity contribution in [2.24, 2.45) is 0 Å². The molecule has 2 atom stereocenters. The number of nitrogens with zero attached hydrogens (tertiary/aromatic N) is 2. The van der Waals surface area contributed by atoms with Crippen molar-refractivity contribution in [3.05, 3.63) is 99.6 Å². The summed E-state index contributed by atoms with van der Waals surface area (Å²) in [7, 11) is -3.90. The largest absolute Gasteiger partial charge is 0.269 e. The number of nitro groups is 1. The number of hydrogen-bond acceptors (Lipinski definition) is 4. The van der Waals surface area contributed by atoms with E-state index in [0.29, 0.717) is 5.69 Å². The van der Waals surface area contributed by atoms with E-state index in [-0.39, 0.29) is 22.5 Å². The molecular weight excluding hydrogens is 388 g/mol. The Morgan fingerprint density at radius 2 is 1.55 bits per heavy atom. The molecule has 0 N–H and O–H groups in total. The fraction of sp³-hybridized carbons (Fsp3) is 0.182. The van der Waals surface area contributed by atoms with Gasteiger partial charge in [-0.05, 0) is 47.7 Å². The molecule has 0 spiro atoms. The van der Waals surface area contributed by atoms with Crippen molar-refractivity contribution in [3.8, 4) is 0 Å². The zero-order valence-electron chi connectivity index (χ0n) is 15.4. The van der Waals surface area contributed by atoms with Gasteiger partial charge >= 0.3 is 0 Å². The van der Waals surface area contributed by atoms with Gasteiger partial charge in [0.1, 0.15) is 0 Å². The Kier molecular flexibility index (Phi) is 3.96. The number of para-hydroxylation sites is 1. The van der Waals surface area contributed by atoms with Crippen LogP contribution in [0.5, 0.6) is 0 Å². The smallest absolute Gasteiger partial charge is 0.258 e. The zero-order valence-corrected chi connectivity index (χ0v) is 16.2. The number of hydrogen-bond donors (Lipinski definition) is 0. The van der Waals surface area contributed by atoms with Crippen LogP contribution in [0.15, 0.2) is 77.7 Å². The minimum Gasteiger partial charge on any atom is -0.258 e. The van der Waals surface area contributed by atoms with E-state index in [1.807, 2.05) is 42.5 Å². The van der Waals surface area contributed by atoms with Crippen LogP contribution in [-0.2, 0) is 16.4 Å². The van der Waals surface area contributed by atoms with Crippen molar-refractivity contribution >= 4 is 21.4 Å². The maximum atomic E-state index is 13.7. The first-order chi connectivity index (χ1) is 14.0. The maximum Gasteiger partial charge on any atom is 0.269 e. The Labute approximate surface area is 168 Å². The standard InChI is InChI=1S/C22H18N2O4S/c25-24(26)16-10-12-17(13-11-16)29(27,28)23-21-8-4-3-7-19(21)20-14-9-15-5-1-2-6-18(15)22(20)23/h1-8,10-13,20,22H,9,14H2/t20-,22-/m1/s1. The van der Waals surface area contributed by atoms with Crippen LogP contribution in [0.1, 0.15) is 35.1 Å². The molecule has 7 heteroatoms. The van der Waals surface area contributed by atoms with Gasteiger partial charge in [-0.15, -0.1) is 0 Å². The lowest BCUT2D eigenvalue weighted by Gasteiger charge is -2.34. The quantitative estimate of drug-likeness (QED) is 0.471. The van der Waals surface area contributed by atoms with Crippen LogP contribution in [0.25, 0.3) is 0 Å². The summed E-state index contributed by atoms with van der Waals surface area (Å²) in [5, 5.41) is 11.0. The molecule has 5 rings (SSSR count). The zero-order chi connectivity index (χ0) is 20.2. The molecule has 3 aromatic carbocycles. The van der Waals surface area contributed by atoms with Crippen LogP contribution in [0.2, 0.25) is 0 Å². The van der Waals surface area contributed by atoms with E-state index in [1.54, 1.807) is 0 Å². The number of benzene rings is 3. The molecule has 1 aliphatic carbocycles. The van der Waals surface area contributed by atoms with Crippen molar-refractivity contribution in [2.75, 3.05) is 4.31 Å². The predicted octanol–water partition coefficient (Wildman–Crippen LogP) is 4.57. The van der Waals surface area contributed by atoms with E-state index in [2.05, 4.69) is 6.07 Å². The summed E-state index contributed by atoms with van der Waals surface area (Å²) in [5.74, 6) is 0.0916. The van der Waals surface area contributed by atoms with Crippen LogP contribution in [0.3, 0.4) is 0 Å². The fourth-order valence-corrected chi connectivity index (χ4v) is 6.33. The van der Waals surface area contributed by atoms with E-state index >= 15 is 0 Å². The fourth-order valence-electron chi connectivity index (χ4n) is 4.64. The summed E-state index contributed by atoms with van der Waals surface area (Å²) < 4.78 is 28.9. The molecular formula is C22H18N2O4S. The van der Waals surface area contributed by atoms with Crippen molar-refractivity contribution in [1.82, 2.24) is 0 Å². The highest BCUT2D eigenvalue weighted by molar-refractivity contribution is 7.92. The summed E-state index contributed by atoms with van der Waals surface area (Å²) in [6.07, 6.45) is 1.79. The third-order valence-corrected chi connectivity index (χ3v) is 7.72. The van der Waals surface area contributed by atoms with Crippen LogP contribution < -0.4 is 4.31 Å². The summed E-state index contributed by atoms with van der Waals surface area (Å²) in [4.78, 5) is 10.5. The van der Waals surface area contributed by atoms with E-state index in [0.717, 1.165) is 24.0 Å². The highest BCUT2D eigenvalue weighted by Crippen LogP contribution is 2.55. The molecule has 1 heterocycles. The summed E-state index contributed by atoms with van der Waals surface area (Å²) in [6, 6.07) is 20.4. The number of non-ortho nitro benzene ring substituents is 1. The number of aryl methyl sites for hydroxylation is 1. The maximum absolute atomic E-state index is 13.7. The molecule has 0 fully saturated rings. The molecule has 0 saturated carbocycles. The van der Waals surface area contributed by atoms with E-state index in [4.69, 9.17) is 0 Å². The Balaban J connectivity index is 1.69. The molecule has 0 unspecified atom stereocenters. The Morgan fingerprint density at radius 3 is 2.28 bits per heavy atom. The molecule has 6 nitrogen and oxygen atoms in total. The average Bonchev–Trinajstić information content (AvgIpc) is 3.09. The minimum absolute atomic E-state index is 0.0570. The third-order valence-electron chi connectivity index (χ3n) is 5.91. The van der Waals surface area contributed by atoms with Gasteiger partial charge in [0.2, 0.25) is 0 Å². The van der Waals surface area contributed by atoms with Crippen molar-refractivity contribution in [2.45, 2.75) is 29.7 Å². The van der Waals surface area contributed by atoms with Gasteiger partial charge in [0.15, 0.2) is 0 Å². The molecule has 0 aromatic heterocycles. The monoisotopic (exact) mass is 406 g/mol. The van der Waals surface area contributed by atoms with Gasteiger partial charge in [0.05, 0.1) is 21.5 Å². The van der Waals surface area contributed by atoms with Crippen LogP contribution >= 0.6 is 0 Å². The normalized spacial score (nSPS) is 19.9. The highest BCUT2D eigenvalue weighted by atomic mass is 32.2. The minimum atomic E-state index is -3.90. The molecule has 29 heavy (non-hydrogen) atoms. The topological polar surface area (TPSA) is 80.5 Å². The number of anilines is 1. The van der Waals surface area contributed by atoms with Crippen LogP contribution in [-0.4, -0.2) is 13.3 Å². The molecule has 0 radical (unpaired) electrons. The van der Waals surface area contributed by atoms with Crippen LogP contribution in [0.4, 0.5) is 11.4 Å². The van der Waals surface area contributed by atoms with E-state index in [9.17, 15) is 18.5 Å². The highest BCUT2D eigenvalue weighted by Gasteiger charge is 2.47. The molecule has 146 valence electrons. The molecule has 0 bridgehead atoms. The molecule has 3 aromatic rings. The second-order valence-electron chi connectivity index (χ2n) is 7.40. The Bertz CT molecular complexity index is 1220. The Hall–Kier alpha value is -3.19. The van der Waals surface area contributed by atoms with Crippen molar-refractivity contribution in [3.63, 3.8) is 0 Å². The van der Waals surface area contributed by atoms with Crippen molar-refractivity contribution < 1.29 is 13.3 Å². The number of fused-ring (bicyclic) bond motifs is 5. The SMILES string of the molecule is O=[N+]([O-])c1ccc(S(=O)(=O)N2c3ccccc3[C@H]3CCc4ccccc4[C@H]32)cc1. The van der Waals surface area contributed by atoms with Gasteiger partial charge in [-0.25, -0.2) is 8.42 Å². The first kappa shape index (κ1) is 17.9. The average molecular weight is 406 g/mol. The van der Waals surface area contributed by atoms with E-state index < -0.39 is 14.9 Å². The van der Waals surface area contributed by atoms with Crippen molar-refractivity contribution in [1.29, 1.82) is 0 Å². The third kappa shape index (κ3) is 2.65. The van der Waals surface area contributed by atoms with Gasteiger partial charge in [-0.1, -0.05) is 42.5 Å². The second-order valence-corrected chi connectivity index (χ2v) is 9.21. The number of rotatable bonds is 3. The predicted molar refractivity (Wildman–Crippen MR) is 109 cm³/mol. The first-order valence-corrected chi connectivity index (χ1v) is 10.9. The molecule has 1 aliphatic heterocycles. The van der Waals surface area contributed by atoms with Crippen LogP contribution in [0, 0.1) is 10.1 Å². The molecule has 2 aliphatic rings. The summed E-state index contributed by atoms with van der Waals surface area (Å²) in [5.41, 5.74) is 3.80. The number of nitro benzene ring substituents is 1.